The van der Waals surface area contributed by atoms with Crippen LogP contribution in [0.5, 0.6) is 0 Å². The smallest absolute Gasteiger partial charge is 0.325 e. The number of ether oxygens (including phenoxy) is 1. The number of fused-ring (bicyclic) bond motifs is 1. The quantitative estimate of drug-likeness (QED) is 0.833. The Hall–Kier alpha value is -2.68. The minimum Gasteiger partial charge on any atom is -0.465 e. The molecule has 0 saturated carbocycles. The van der Waals surface area contributed by atoms with E-state index in [9.17, 15) is 4.79 Å². The second-order valence-electron chi connectivity index (χ2n) is 3.68. The van der Waals surface area contributed by atoms with Crippen molar-refractivity contribution in [2.75, 3.05) is 18.5 Å². The summed E-state index contributed by atoms with van der Waals surface area (Å²) in [5.74, 6) is -0.115. The molecule has 19 heavy (non-hydrogen) atoms. The fraction of sp³-hybridized carbons (Fsp3) is 0.231. The zero-order chi connectivity index (χ0) is 13.7. The molecule has 0 saturated heterocycles. The maximum atomic E-state index is 11.3. The summed E-state index contributed by atoms with van der Waals surface area (Å²) >= 11 is 0. The highest BCUT2D eigenvalue weighted by Crippen LogP contribution is 2.15. The molecule has 0 aliphatic rings. The number of nitrogens with one attached hydrogen (secondary N) is 1. The third-order valence-electron chi connectivity index (χ3n) is 2.38. The maximum absolute atomic E-state index is 11.3. The molecule has 2 aromatic rings. The molecular formula is C13H12N4O2. The van der Waals surface area contributed by atoms with Crippen molar-refractivity contribution in [3.05, 3.63) is 30.0 Å². The Morgan fingerprint density at radius 3 is 2.68 bits per heavy atom. The molecule has 0 fully saturated rings. The number of carbonyl (C=O) groups excluding carboxylic acids is 1. The van der Waals surface area contributed by atoms with E-state index in [4.69, 9.17) is 10.00 Å². The highest BCUT2D eigenvalue weighted by Gasteiger charge is 2.09. The van der Waals surface area contributed by atoms with Gasteiger partial charge in [-0.25, -0.2) is 9.97 Å². The summed E-state index contributed by atoms with van der Waals surface area (Å²) in [6.45, 7) is 2.00. The van der Waals surface area contributed by atoms with Crippen LogP contribution >= 0.6 is 0 Å². The van der Waals surface area contributed by atoms with Crippen LogP contribution in [0.1, 0.15) is 12.6 Å². The number of nitrogens with zero attached hydrogens (tertiary/aromatic N) is 3. The highest BCUT2D eigenvalue weighted by atomic mass is 16.5. The van der Waals surface area contributed by atoms with Gasteiger partial charge in [0.2, 0.25) is 0 Å². The van der Waals surface area contributed by atoms with Crippen LogP contribution in [-0.2, 0) is 9.53 Å². The van der Waals surface area contributed by atoms with Crippen LogP contribution in [0, 0.1) is 11.3 Å². The van der Waals surface area contributed by atoms with Gasteiger partial charge in [-0.1, -0.05) is 12.1 Å². The number of rotatable bonds is 4. The summed E-state index contributed by atoms with van der Waals surface area (Å²) in [6.07, 6.45) is 0. The number of nitriles is 1. The number of para-hydroxylation sites is 2. The van der Waals surface area contributed by atoms with Gasteiger partial charge in [0, 0.05) is 0 Å². The molecule has 0 aliphatic carbocycles. The van der Waals surface area contributed by atoms with E-state index in [0.29, 0.717) is 17.6 Å². The van der Waals surface area contributed by atoms with E-state index in [2.05, 4.69) is 15.3 Å². The predicted octanol–water partition coefficient (Wildman–Crippen LogP) is 1.48. The van der Waals surface area contributed by atoms with Crippen molar-refractivity contribution in [1.29, 1.82) is 5.26 Å². The van der Waals surface area contributed by atoms with Crippen LogP contribution in [0.4, 0.5) is 5.82 Å². The van der Waals surface area contributed by atoms with E-state index in [0.717, 1.165) is 0 Å². The molecule has 6 nitrogen and oxygen atoms in total. The zero-order valence-corrected chi connectivity index (χ0v) is 10.4. The summed E-state index contributed by atoms with van der Waals surface area (Å²) in [7, 11) is 0. The molecule has 96 valence electrons. The molecule has 2 rings (SSSR count). The number of aromatic nitrogens is 2. The van der Waals surface area contributed by atoms with Crippen molar-refractivity contribution in [3.8, 4) is 6.07 Å². The second-order valence-corrected chi connectivity index (χ2v) is 3.68. The fourth-order valence-corrected chi connectivity index (χ4v) is 1.57. The lowest BCUT2D eigenvalue weighted by molar-refractivity contribution is -0.140. The number of hydrogen-bond donors (Lipinski definition) is 1. The average molecular weight is 256 g/mol. The van der Waals surface area contributed by atoms with Crippen molar-refractivity contribution in [2.45, 2.75) is 6.92 Å². The van der Waals surface area contributed by atoms with Gasteiger partial charge < -0.3 is 10.1 Å². The summed E-state index contributed by atoms with van der Waals surface area (Å²) < 4.78 is 4.79. The van der Waals surface area contributed by atoms with Crippen LogP contribution in [0.2, 0.25) is 0 Å². The van der Waals surface area contributed by atoms with Gasteiger partial charge in [-0.3, -0.25) is 4.79 Å². The van der Waals surface area contributed by atoms with Crippen molar-refractivity contribution in [3.63, 3.8) is 0 Å². The van der Waals surface area contributed by atoms with Gasteiger partial charge in [-0.15, -0.1) is 0 Å². The van der Waals surface area contributed by atoms with Crippen molar-refractivity contribution in [2.24, 2.45) is 0 Å². The van der Waals surface area contributed by atoms with Gasteiger partial charge in [-0.2, -0.15) is 5.26 Å². The van der Waals surface area contributed by atoms with Crippen LogP contribution in [0.3, 0.4) is 0 Å². The van der Waals surface area contributed by atoms with E-state index in [1.165, 1.54) is 0 Å². The molecule has 0 aliphatic heterocycles. The van der Waals surface area contributed by atoms with Crippen LogP contribution in [0.15, 0.2) is 24.3 Å². The normalized spacial score (nSPS) is 9.89. The second kappa shape index (κ2) is 5.78. The SMILES string of the molecule is CCOC(=O)CNc1nc2ccccc2nc1C#N. The Kier molecular flexibility index (Phi) is 3.88. The Morgan fingerprint density at radius 1 is 1.37 bits per heavy atom. The van der Waals surface area contributed by atoms with Gasteiger partial charge in [0.1, 0.15) is 12.6 Å². The molecule has 0 amide bonds. The van der Waals surface area contributed by atoms with Crippen molar-refractivity contribution >= 4 is 22.8 Å². The van der Waals surface area contributed by atoms with Gasteiger partial charge in [0.15, 0.2) is 11.5 Å². The van der Waals surface area contributed by atoms with Crippen LogP contribution < -0.4 is 5.32 Å². The number of anilines is 1. The first-order valence-corrected chi connectivity index (χ1v) is 5.81. The van der Waals surface area contributed by atoms with E-state index in [1.54, 1.807) is 19.1 Å². The van der Waals surface area contributed by atoms with E-state index >= 15 is 0 Å². The molecule has 1 aromatic carbocycles. The lowest BCUT2D eigenvalue weighted by Gasteiger charge is -2.07. The number of hydrogen-bond acceptors (Lipinski definition) is 6. The molecular weight excluding hydrogens is 244 g/mol. The van der Waals surface area contributed by atoms with E-state index in [-0.39, 0.29) is 18.1 Å². The lowest BCUT2D eigenvalue weighted by Crippen LogP contribution is -2.18. The summed E-state index contributed by atoms with van der Waals surface area (Å²) in [5.41, 5.74) is 1.46. The molecule has 0 bridgehead atoms. The molecule has 0 radical (unpaired) electrons. The molecule has 0 unspecified atom stereocenters. The van der Waals surface area contributed by atoms with Gasteiger partial charge in [0.25, 0.3) is 0 Å². The minimum absolute atomic E-state index is 0.0461. The highest BCUT2D eigenvalue weighted by molar-refractivity contribution is 5.79. The monoisotopic (exact) mass is 256 g/mol. The molecule has 6 heteroatoms. The molecule has 1 N–H and O–H groups in total. The molecule has 1 aromatic heterocycles. The van der Waals surface area contributed by atoms with Crippen LogP contribution in [-0.4, -0.2) is 29.1 Å². The first-order valence-electron chi connectivity index (χ1n) is 5.81. The number of esters is 1. The Bertz CT molecular complexity index is 649. The first-order chi connectivity index (χ1) is 9.24. The fourth-order valence-electron chi connectivity index (χ4n) is 1.57. The van der Waals surface area contributed by atoms with Crippen molar-refractivity contribution < 1.29 is 9.53 Å². The molecule has 0 spiro atoms. The zero-order valence-electron chi connectivity index (χ0n) is 10.4. The van der Waals surface area contributed by atoms with E-state index in [1.807, 2.05) is 18.2 Å². The Labute approximate surface area is 110 Å². The minimum atomic E-state index is -0.402. The third kappa shape index (κ3) is 2.96. The topological polar surface area (TPSA) is 87.9 Å². The number of benzene rings is 1. The Morgan fingerprint density at radius 2 is 2.05 bits per heavy atom. The number of carbonyl (C=O) groups is 1. The Balaban J connectivity index is 2.26. The van der Waals surface area contributed by atoms with Crippen LogP contribution in [0.25, 0.3) is 11.0 Å². The lowest BCUT2D eigenvalue weighted by atomic mass is 10.3. The standard InChI is InChI=1S/C13H12N4O2/c1-2-19-12(18)8-15-13-11(7-14)16-9-5-3-4-6-10(9)17-13/h3-6H,2,8H2,1H3,(H,15,17). The average Bonchev–Trinajstić information content (AvgIpc) is 2.44. The van der Waals surface area contributed by atoms with Gasteiger partial charge in [0.05, 0.1) is 17.6 Å². The van der Waals surface area contributed by atoms with E-state index < -0.39 is 5.97 Å². The van der Waals surface area contributed by atoms with Crippen molar-refractivity contribution in [1.82, 2.24) is 9.97 Å². The third-order valence-corrected chi connectivity index (χ3v) is 2.38. The van der Waals surface area contributed by atoms with Gasteiger partial charge >= 0.3 is 5.97 Å². The predicted molar refractivity (Wildman–Crippen MR) is 69.4 cm³/mol. The molecule has 1 heterocycles. The summed E-state index contributed by atoms with van der Waals surface area (Å²) in [4.78, 5) is 19.7. The summed E-state index contributed by atoms with van der Waals surface area (Å²) in [5, 5.41) is 11.8. The maximum Gasteiger partial charge on any atom is 0.325 e. The largest absolute Gasteiger partial charge is 0.465 e. The van der Waals surface area contributed by atoms with Gasteiger partial charge in [-0.05, 0) is 19.1 Å². The first kappa shape index (κ1) is 12.8. The summed E-state index contributed by atoms with van der Waals surface area (Å²) in [6, 6.07) is 9.18. The molecule has 0 atom stereocenters.